The Labute approximate surface area is 114 Å². The lowest BCUT2D eigenvalue weighted by Crippen LogP contribution is -2.41. The van der Waals surface area contributed by atoms with Gasteiger partial charge in [0.2, 0.25) is 5.91 Å². The third-order valence-electron chi connectivity index (χ3n) is 3.29. The maximum Gasteiger partial charge on any atom is 0.220 e. The highest BCUT2D eigenvalue weighted by Gasteiger charge is 2.24. The molecule has 16 heavy (non-hydrogen) atoms. The zero-order valence-electron chi connectivity index (χ0n) is 11.4. The standard InChI is InChI=1S/C13H26INO/c1-9(2)11(8-14)15-12(16)7-10(3)13(4,5)6/h9-11H,7-8H2,1-6H3,(H,15,16). The number of hydrogen-bond acceptors (Lipinski definition) is 1. The van der Waals surface area contributed by atoms with Crippen LogP contribution < -0.4 is 5.32 Å². The molecule has 0 radical (unpaired) electrons. The normalized spacial score (nSPS) is 16.0. The van der Waals surface area contributed by atoms with Gasteiger partial charge in [0.15, 0.2) is 0 Å². The van der Waals surface area contributed by atoms with Gasteiger partial charge in [0.1, 0.15) is 0 Å². The first-order valence-corrected chi connectivity index (χ1v) is 7.56. The number of halogens is 1. The molecule has 1 amide bonds. The molecule has 0 rings (SSSR count). The van der Waals surface area contributed by atoms with Crippen LogP contribution in [0.4, 0.5) is 0 Å². The molecular formula is C13H26INO. The van der Waals surface area contributed by atoms with E-state index in [2.05, 4.69) is 69.5 Å². The SMILES string of the molecule is CC(C)C(CI)NC(=O)CC(C)C(C)(C)C. The Morgan fingerprint density at radius 1 is 1.25 bits per heavy atom. The number of rotatable bonds is 5. The van der Waals surface area contributed by atoms with Crippen molar-refractivity contribution in [2.24, 2.45) is 17.3 Å². The summed E-state index contributed by atoms with van der Waals surface area (Å²) in [5, 5.41) is 3.12. The van der Waals surface area contributed by atoms with E-state index in [9.17, 15) is 4.79 Å². The van der Waals surface area contributed by atoms with Crippen LogP contribution in [0.2, 0.25) is 0 Å². The molecule has 0 fully saturated rings. The first kappa shape index (κ1) is 16.2. The zero-order valence-corrected chi connectivity index (χ0v) is 13.6. The summed E-state index contributed by atoms with van der Waals surface area (Å²) in [5.41, 5.74) is 0.203. The molecule has 0 spiro atoms. The summed E-state index contributed by atoms with van der Waals surface area (Å²) >= 11 is 2.33. The molecule has 3 heteroatoms. The summed E-state index contributed by atoms with van der Waals surface area (Å²) in [6.07, 6.45) is 0.628. The summed E-state index contributed by atoms with van der Waals surface area (Å²) in [4.78, 5) is 11.9. The quantitative estimate of drug-likeness (QED) is 0.601. The fourth-order valence-electron chi connectivity index (χ4n) is 1.23. The van der Waals surface area contributed by atoms with Crippen molar-refractivity contribution in [2.75, 3.05) is 4.43 Å². The van der Waals surface area contributed by atoms with Gasteiger partial charge in [-0.2, -0.15) is 0 Å². The minimum Gasteiger partial charge on any atom is -0.352 e. The van der Waals surface area contributed by atoms with Crippen LogP contribution in [-0.2, 0) is 4.79 Å². The van der Waals surface area contributed by atoms with Gasteiger partial charge in [-0.15, -0.1) is 0 Å². The second kappa shape index (κ2) is 6.82. The molecule has 0 aromatic carbocycles. The molecule has 0 aromatic rings. The molecular weight excluding hydrogens is 313 g/mol. The van der Waals surface area contributed by atoms with Crippen LogP contribution in [0, 0.1) is 17.3 Å². The van der Waals surface area contributed by atoms with Gasteiger partial charge in [0, 0.05) is 16.9 Å². The smallest absolute Gasteiger partial charge is 0.220 e. The Morgan fingerprint density at radius 3 is 2.06 bits per heavy atom. The molecule has 0 aliphatic rings. The van der Waals surface area contributed by atoms with Gasteiger partial charge in [0.25, 0.3) is 0 Å². The van der Waals surface area contributed by atoms with E-state index in [0.717, 1.165) is 4.43 Å². The second-order valence-electron chi connectivity index (χ2n) is 6.04. The average Bonchev–Trinajstić information content (AvgIpc) is 2.11. The predicted octanol–water partition coefficient (Wildman–Crippen LogP) is 3.63. The van der Waals surface area contributed by atoms with Crippen molar-refractivity contribution in [2.45, 2.75) is 54.0 Å². The van der Waals surface area contributed by atoms with E-state index >= 15 is 0 Å². The molecule has 0 saturated carbocycles. The Balaban J connectivity index is 4.18. The van der Waals surface area contributed by atoms with Crippen molar-refractivity contribution >= 4 is 28.5 Å². The summed E-state index contributed by atoms with van der Waals surface area (Å²) < 4.78 is 0.977. The van der Waals surface area contributed by atoms with E-state index < -0.39 is 0 Å². The van der Waals surface area contributed by atoms with Crippen LogP contribution in [0.3, 0.4) is 0 Å². The number of nitrogens with one attached hydrogen (secondary N) is 1. The van der Waals surface area contributed by atoms with E-state index in [0.29, 0.717) is 24.3 Å². The number of carbonyl (C=O) groups excluding carboxylic acids is 1. The number of alkyl halides is 1. The second-order valence-corrected chi connectivity index (χ2v) is 6.92. The van der Waals surface area contributed by atoms with E-state index in [4.69, 9.17) is 0 Å². The molecule has 2 atom stereocenters. The Morgan fingerprint density at radius 2 is 1.75 bits per heavy atom. The first-order chi connectivity index (χ1) is 7.18. The van der Waals surface area contributed by atoms with Crippen molar-refractivity contribution in [1.82, 2.24) is 5.32 Å². The highest BCUT2D eigenvalue weighted by molar-refractivity contribution is 14.1. The summed E-state index contributed by atoms with van der Waals surface area (Å²) in [6.45, 7) is 13.0. The fraction of sp³-hybridized carbons (Fsp3) is 0.923. The molecule has 2 nitrogen and oxygen atoms in total. The Kier molecular flexibility index (Phi) is 6.90. The summed E-state index contributed by atoms with van der Waals surface area (Å²) in [7, 11) is 0. The largest absolute Gasteiger partial charge is 0.352 e. The lowest BCUT2D eigenvalue weighted by molar-refractivity contribution is -0.123. The van der Waals surface area contributed by atoms with E-state index in [1.165, 1.54) is 0 Å². The van der Waals surface area contributed by atoms with E-state index in [-0.39, 0.29) is 11.3 Å². The summed E-state index contributed by atoms with van der Waals surface area (Å²) in [6, 6.07) is 0.306. The molecule has 2 unspecified atom stereocenters. The van der Waals surface area contributed by atoms with Crippen LogP contribution in [0.5, 0.6) is 0 Å². The lowest BCUT2D eigenvalue weighted by atomic mass is 9.80. The highest BCUT2D eigenvalue weighted by Crippen LogP contribution is 2.27. The van der Waals surface area contributed by atoms with Crippen LogP contribution in [0.25, 0.3) is 0 Å². The fourth-order valence-corrected chi connectivity index (χ4v) is 2.47. The third-order valence-corrected chi connectivity index (χ3v) is 4.24. The molecule has 0 aromatic heterocycles. The first-order valence-electron chi connectivity index (χ1n) is 6.03. The molecule has 96 valence electrons. The van der Waals surface area contributed by atoms with Crippen LogP contribution in [-0.4, -0.2) is 16.4 Å². The number of carbonyl (C=O) groups is 1. The summed E-state index contributed by atoms with van der Waals surface area (Å²) in [5.74, 6) is 1.11. The van der Waals surface area contributed by atoms with Crippen molar-refractivity contribution in [3.63, 3.8) is 0 Å². The van der Waals surface area contributed by atoms with Crippen molar-refractivity contribution in [3.05, 3.63) is 0 Å². The predicted molar refractivity (Wildman–Crippen MR) is 78.9 cm³/mol. The van der Waals surface area contributed by atoms with Gasteiger partial charge >= 0.3 is 0 Å². The van der Waals surface area contributed by atoms with Crippen LogP contribution in [0.1, 0.15) is 48.0 Å². The maximum absolute atomic E-state index is 11.9. The van der Waals surface area contributed by atoms with Crippen LogP contribution in [0.15, 0.2) is 0 Å². The monoisotopic (exact) mass is 339 g/mol. The highest BCUT2D eigenvalue weighted by atomic mass is 127. The topological polar surface area (TPSA) is 29.1 Å². The third kappa shape index (κ3) is 6.06. The van der Waals surface area contributed by atoms with E-state index in [1.54, 1.807) is 0 Å². The molecule has 0 saturated heterocycles. The Bertz CT molecular complexity index is 214. The van der Waals surface area contributed by atoms with Gasteiger partial charge in [-0.3, -0.25) is 4.79 Å². The van der Waals surface area contributed by atoms with Crippen molar-refractivity contribution < 1.29 is 4.79 Å². The molecule has 0 bridgehead atoms. The minimum atomic E-state index is 0.192. The van der Waals surface area contributed by atoms with Gasteiger partial charge in [-0.05, 0) is 17.3 Å². The van der Waals surface area contributed by atoms with Crippen molar-refractivity contribution in [3.8, 4) is 0 Å². The maximum atomic E-state index is 11.9. The minimum absolute atomic E-state index is 0.192. The zero-order chi connectivity index (χ0) is 12.9. The van der Waals surface area contributed by atoms with E-state index in [1.807, 2.05) is 0 Å². The molecule has 0 aliphatic carbocycles. The number of hydrogen-bond donors (Lipinski definition) is 1. The molecule has 1 N–H and O–H groups in total. The van der Waals surface area contributed by atoms with Gasteiger partial charge in [-0.1, -0.05) is 64.1 Å². The average molecular weight is 339 g/mol. The number of amides is 1. The van der Waals surface area contributed by atoms with Gasteiger partial charge in [-0.25, -0.2) is 0 Å². The lowest BCUT2D eigenvalue weighted by Gasteiger charge is -2.28. The van der Waals surface area contributed by atoms with Gasteiger partial charge < -0.3 is 5.32 Å². The Hall–Kier alpha value is 0.200. The molecule has 0 heterocycles. The van der Waals surface area contributed by atoms with Gasteiger partial charge in [0.05, 0.1) is 0 Å². The van der Waals surface area contributed by atoms with Crippen LogP contribution >= 0.6 is 22.6 Å². The molecule has 0 aliphatic heterocycles. The van der Waals surface area contributed by atoms with Crippen molar-refractivity contribution in [1.29, 1.82) is 0 Å².